The first-order chi connectivity index (χ1) is 13.3. The van der Waals surface area contributed by atoms with Gasteiger partial charge in [-0.15, -0.1) is 11.3 Å². The number of nitriles is 1. The maximum Gasteiger partial charge on any atom is 0.344 e. The molecule has 0 saturated heterocycles. The molecule has 1 aromatic heterocycles. The molecular weight excluding hydrogens is 400 g/mol. The molecule has 2 aliphatic rings. The fraction of sp³-hybridized carbons (Fsp3) is 0.222. The van der Waals surface area contributed by atoms with Gasteiger partial charge in [-0.05, 0) is 11.4 Å². The number of esters is 1. The predicted molar refractivity (Wildman–Crippen MR) is 104 cm³/mol. The number of thioether (sulfide) groups is 1. The highest BCUT2D eigenvalue weighted by molar-refractivity contribution is 8.07. The second-order valence-corrected chi connectivity index (χ2v) is 8.06. The van der Waals surface area contributed by atoms with E-state index in [0.717, 1.165) is 27.6 Å². The topological polar surface area (TPSA) is 117 Å². The molecule has 8 nitrogen and oxygen atoms in total. The molecule has 2 aliphatic heterocycles. The third-order valence-corrected chi connectivity index (χ3v) is 6.22. The van der Waals surface area contributed by atoms with Crippen LogP contribution in [0.5, 0.6) is 0 Å². The number of rotatable bonds is 3. The van der Waals surface area contributed by atoms with E-state index >= 15 is 0 Å². The lowest BCUT2D eigenvalue weighted by Gasteiger charge is -2.37. The summed E-state index contributed by atoms with van der Waals surface area (Å²) in [6.45, 7) is 0. The van der Waals surface area contributed by atoms with E-state index < -0.39 is 17.8 Å². The molecule has 0 saturated carbocycles. The minimum atomic E-state index is -0.733. The number of carbonyl (C=O) groups excluding carboxylic acids is 3. The summed E-state index contributed by atoms with van der Waals surface area (Å²) >= 11 is 2.30. The lowest BCUT2D eigenvalue weighted by atomic mass is 9.86. The van der Waals surface area contributed by atoms with Crippen LogP contribution in [0, 0.1) is 11.3 Å². The number of hydrogen-bond donors (Lipinski definition) is 1. The largest absolute Gasteiger partial charge is 0.465 e. The number of likely N-dealkylation sites (N-methyl/N-ethyl adjacent to an activating group) is 1. The van der Waals surface area contributed by atoms with Crippen molar-refractivity contribution in [3.05, 3.63) is 55.4 Å². The van der Waals surface area contributed by atoms with Crippen molar-refractivity contribution < 1.29 is 19.1 Å². The van der Waals surface area contributed by atoms with Gasteiger partial charge in [0.2, 0.25) is 0 Å². The van der Waals surface area contributed by atoms with E-state index in [1.165, 1.54) is 23.3 Å². The second kappa shape index (κ2) is 7.53. The molecule has 0 spiro atoms. The van der Waals surface area contributed by atoms with Crippen molar-refractivity contribution in [1.29, 1.82) is 5.26 Å². The molecule has 10 heteroatoms. The average Bonchev–Trinajstić information content (AvgIpc) is 3.20. The van der Waals surface area contributed by atoms with E-state index in [1.807, 2.05) is 5.38 Å². The van der Waals surface area contributed by atoms with E-state index in [-0.39, 0.29) is 32.8 Å². The summed E-state index contributed by atoms with van der Waals surface area (Å²) in [7, 11) is 4.36. The van der Waals surface area contributed by atoms with Crippen molar-refractivity contribution in [1.82, 2.24) is 9.80 Å². The third kappa shape index (κ3) is 3.08. The van der Waals surface area contributed by atoms with Crippen molar-refractivity contribution in [2.75, 3.05) is 21.2 Å². The summed E-state index contributed by atoms with van der Waals surface area (Å²) in [5.41, 5.74) is 6.50. The maximum absolute atomic E-state index is 13.1. The Morgan fingerprint density at radius 2 is 2.11 bits per heavy atom. The van der Waals surface area contributed by atoms with Crippen LogP contribution in [0.2, 0.25) is 0 Å². The highest BCUT2D eigenvalue weighted by atomic mass is 32.2. The average molecular weight is 416 g/mol. The van der Waals surface area contributed by atoms with Gasteiger partial charge in [0.05, 0.1) is 35.3 Å². The van der Waals surface area contributed by atoms with Crippen LogP contribution in [0.4, 0.5) is 0 Å². The van der Waals surface area contributed by atoms with Crippen LogP contribution in [0.1, 0.15) is 10.8 Å². The number of methoxy groups -OCH3 is 1. The number of amides is 2. The highest BCUT2D eigenvalue weighted by Gasteiger charge is 2.44. The Morgan fingerprint density at radius 1 is 1.39 bits per heavy atom. The molecule has 0 fully saturated rings. The van der Waals surface area contributed by atoms with E-state index in [1.54, 1.807) is 26.2 Å². The summed E-state index contributed by atoms with van der Waals surface area (Å²) in [5.74, 6) is -2.48. The van der Waals surface area contributed by atoms with E-state index in [0.29, 0.717) is 0 Å². The molecule has 144 valence electrons. The van der Waals surface area contributed by atoms with Crippen LogP contribution < -0.4 is 5.73 Å². The quantitative estimate of drug-likeness (QED) is 0.742. The van der Waals surface area contributed by atoms with Gasteiger partial charge in [-0.25, -0.2) is 4.79 Å². The zero-order chi connectivity index (χ0) is 20.6. The Labute approximate surface area is 169 Å². The van der Waals surface area contributed by atoms with Gasteiger partial charge < -0.3 is 15.4 Å². The Bertz CT molecular complexity index is 999. The van der Waals surface area contributed by atoms with Crippen molar-refractivity contribution in [3.63, 3.8) is 0 Å². The van der Waals surface area contributed by atoms with Crippen LogP contribution in [0.3, 0.4) is 0 Å². The molecule has 3 rings (SSSR count). The summed E-state index contributed by atoms with van der Waals surface area (Å²) in [6.07, 6.45) is 1.09. The number of hydrogen-bond acceptors (Lipinski definition) is 8. The SMILES string of the molecule is COC(=O)C1=CC(=O)N2C(N)=C(C#N)C(c3cccs3)C(C(=O)N(C)C)=C2S1. The predicted octanol–water partition coefficient (Wildman–Crippen LogP) is 1.47. The second-order valence-electron chi connectivity index (χ2n) is 6.05. The molecule has 3 heterocycles. The number of nitrogens with two attached hydrogens (primary N) is 1. The number of nitrogens with zero attached hydrogens (tertiary/aromatic N) is 3. The third-order valence-electron chi connectivity index (χ3n) is 4.18. The summed E-state index contributed by atoms with van der Waals surface area (Å²) in [6, 6.07) is 5.66. The molecule has 1 atom stereocenters. The summed E-state index contributed by atoms with van der Waals surface area (Å²) in [4.78, 5) is 41.1. The molecule has 28 heavy (non-hydrogen) atoms. The van der Waals surface area contributed by atoms with Gasteiger partial charge in [0.25, 0.3) is 11.8 Å². The van der Waals surface area contributed by atoms with Gasteiger partial charge in [-0.1, -0.05) is 17.8 Å². The standard InChI is InChI=1S/C18H16N4O4S2/c1-21(2)16(24)14-13(10-5-4-6-27-10)9(8-19)15(20)22-12(23)7-11(18(25)26-3)28-17(14)22/h4-7,13H,20H2,1-3H3. The van der Waals surface area contributed by atoms with Gasteiger partial charge in [-0.3, -0.25) is 14.5 Å². The first-order valence-corrected chi connectivity index (χ1v) is 9.72. The molecule has 1 unspecified atom stereocenters. The number of ether oxygens (including phenoxy) is 1. The van der Waals surface area contributed by atoms with Crippen molar-refractivity contribution in [3.8, 4) is 6.07 Å². The van der Waals surface area contributed by atoms with Crippen molar-refractivity contribution >= 4 is 40.9 Å². The normalized spacial score (nSPS) is 19.1. The Kier molecular flexibility index (Phi) is 5.31. The summed E-state index contributed by atoms with van der Waals surface area (Å²) in [5, 5.41) is 11.8. The van der Waals surface area contributed by atoms with Crippen LogP contribution in [0.15, 0.2) is 50.5 Å². The molecule has 0 aliphatic carbocycles. The van der Waals surface area contributed by atoms with Gasteiger partial charge in [0.15, 0.2) is 0 Å². The van der Waals surface area contributed by atoms with Crippen molar-refractivity contribution in [2.45, 2.75) is 5.92 Å². The first kappa shape index (κ1) is 19.7. The van der Waals surface area contributed by atoms with E-state index in [4.69, 9.17) is 10.5 Å². The molecule has 1 aromatic rings. The Hall–Kier alpha value is -3.03. The van der Waals surface area contributed by atoms with Gasteiger partial charge in [-0.2, -0.15) is 5.26 Å². The molecule has 2 N–H and O–H groups in total. The molecule has 0 radical (unpaired) electrons. The summed E-state index contributed by atoms with van der Waals surface area (Å²) < 4.78 is 4.72. The van der Waals surface area contributed by atoms with E-state index in [9.17, 15) is 19.6 Å². The van der Waals surface area contributed by atoms with E-state index in [2.05, 4.69) is 6.07 Å². The fourth-order valence-electron chi connectivity index (χ4n) is 2.91. The molecule has 0 bridgehead atoms. The monoisotopic (exact) mass is 416 g/mol. The first-order valence-electron chi connectivity index (χ1n) is 8.02. The van der Waals surface area contributed by atoms with Crippen LogP contribution in [0.25, 0.3) is 0 Å². The molecule has 2 amide bonds. The van der Waals surface area contributed by atoms with Crippen LogP contribution in [-0.4, -0.2) is 48.8 Å². The fourth-order valence-corrected chi connectivity index (χ4v) is 4.89. The lowest BCUT2D eigenvalue weighted by molar-refractivity contribution is -0.135. The molecular formula is C18H16N4O4S2. The Morgan fingerprint density at radius 3 is 2.64 bits per heavy atom. The number of carbonyl (C=O) groups is 3. The van der Waals surface area contributed by atoms with Crippen LogP contribution >= 0.6 is 23.1 Å². The highest BCUT2D eigenvalue weighted by Crippen LogP contribution is 2.48. The number of thiophene rings is 1. The zero-order valence-electron chi connectivity index (χ0n) is 15.3. The Balaban J connectivity index is 2.31. The minimum absolute atomic E-state index is 0.0425. The minimum Gasteiger partial charge on any atom is -0.465 e. The van der Waals surface area contributed by atoms with Gasteiger partial charge >= 0.3 is 5.97 Å². The zero-order valence-corrected chi connectivity index (χ0v) is 16.9. The smallest absolute Gasteiger partial charge is 0.344 e. The van der Waals surface area contributed by atoms with Crippen LogP contribution in [-0.2, 0) is 19.1 Å². The molecule has 0 aromatic carbocycles. The van der Waals surface area contributed by atoms with Gasteiger partial charge in [0, 0.05) is 25.0 Å². The van der Waals surface area contributed by atoms with Gasteiger partial charge in [0.1, 0.15) is 10.7 Å². The number of fused-ring (bicyclic) bond motifs is 1. The van der Waals surface area contributed by atoms with Crippen molar-refractivity contribution in [2.24, 2.45) is 5.73 Å². The maximum atomic E-state index is 13.1. The number of allylic oxidation sites excluding steroid dienone is 1. The lowest BCUT2D eigenvalue weighted by Crippen LogP contribution is -2.42.